The van der Waals surface area contributed by atoms with E-state index in [-0.39, 0.29) is 5.92 Å². The molecular formula is C12H21FN2O2. The third kappa shape index (κ3) is 3.39. The van der Waals surface area contributed by atoms with Gasteiger partial charge < -0.3 is 10.0 Å². The van der Waals surface area contributed by atoms with Crippen molar-refractivity contribution in [3.63, 3.8) is 0 Å². The van der Waals surface area contributed by atoms with E-state index in [1.165, 1.54) is 0 Å². The Balaban J connectivity index is 1.66. The number of hydrogen-bond donors (Lipinski definition) is 1. The van der Waals surface area contributed by atoms with Crippen molar-refractivity contribution in [1.82, 2.24) is 9.80 Å². The van der Waals surface area contributed by atoms with E-state index in [2.05, 4.69) is 4.90 Å². The second kappa shape index (κ2) is 5.78. The van der Waals surface area contributed by atoms with E-state index in [0.717, 1.165) is 52.0 Å². The first-order valence-electron chi connectivity index (χ1n) is 6.50. The van der Waals surface area contributed by atoms with Crippen LogP contribution in [0.5, 0.6) is 0 Å². The molecular weight excluding hydrogens is 223 g/mol. The Morgan fingerprint density at radius 2 is 1.88 bits per heavy atom. The predicted octanol–water partition coefficient (Wildman–Crippen LogP) is 1.17. The number of halogens is 1. The van der Waals surface area contributed by atoms with Crippen LogP contribution >= 0.6 is 0 Å². The third-order valence-corrected chi connectivity index (χ3v) is 3.92. The fraction of sp³-hybridized carbons (Fsp3) is 0.917. The highest BCUT2D eigenvalue weighted by Crippen LogP contribution is 2.19. The molecule has 2 saturated heterocycles. The number of piperidine rings is 1. The van der Waals surface area contributed by atoms with Crippen LogP contribution in [0.25, 0.3) is 0 Å². The minimum Gasteiger partial charge on any atom is -0.481 e. The summed E-state index contributed by atoms with van der Waals surface area (Å²) in [4.78, 5) is 14.9. The summed E-state index contributed by atoms with van der Waals surface area (Å²) < 4.78 is 13.3. The van der Waals surface area contributed by atoms with Crippen LogP contribution in [0.4, 0.5) is 4.39 Å². The lowest BCUT2D eigenvalue weighted by molar-refractivity contribution is -0.143. The molecule has 2 heterocycles. The number of rotatable bonds is 4. The first-order valence-corrected chi connectivity index (χ1v) is 6.50. The van der Waals surface area contributed by atoms with Gasteiger partial charge in [-0.15, -0.1) is 0 Å². The number of hydrogen-bond acceptors (Lipinski definition) is 3. The third-order valence-electron chi connectivity index (χ3n) is 3.92. The van der Waals surface area contributed by atoms with Gasteiger partial charge in [0.1, 0.15) is 0 Å². The number of alkyl halides is 1. The van der Waals surface area contributed by atoms with Crippen molar-refractivity contribution in [1.29, 1.82) is 0 Å². The molecule has 2 aliphatic heterocycles. The van der Waals surface area contributed by atoms with Crippen molar-refractivity contribution in [2.24, 2.45) is 5.92 Å². The average Bonchev–Trinajstić information content (AvgIpc) is 2.73. The minimum atomic E-state index is -0.758. The summed E-state index contributed by atoms with van der Waals surface area (Å²) in [5.41, 5.74) is 0. The van der Waals surface area contributed by atoms with E-state index < -0.39 is 12.3 Å². The topological polar surface area (TPSA) is 43.8 Å². The van der Waals surface area contributed by atoms with Crippen molar-refractivity contribution in [2.75, 3.05) is 32.7 Å². The highest BCUT2D eigenvalue weighted by atomic mass is 19.1. The summed E-state index contributed by atoms with van der Waals surface area (Å²) in [5, 5.41) is 8.89. The quantitative estimate of drug-likeness (QED) is 0.754. The maximum absolute atomic E-state index is 13.3. The smallest absolute Gasteiger partial charge is 0.306 e. The Hall–Kier alpha value is -0.680. The van der Waals surface area contributed by atoms with Crippen molar-refractivity contribution in [3.8, 4) is 0 Å². The molecule has 2 rings (SSSR count). The summed E-state index contributed by atoms with van der Waals surface area (Å²) in [7, 11) is 0. The van der Waals surface area contributed by atoms with Crippen LogP contribution < -0.4 is 0 Å². The molecule has 0 amide bonds. The predicted molar refractivity (Wildman–Crippen MR) is 62.5 cm³/mol. The number of carboxylic acid groups (broad SMARTS) is 1. The number of aliphatic carboxylic acids is 1. The molecule has 2 fully saturated rings. The fourth-order valence-electron chi connectivity index (χ4n) is 2.71. The first-order chi connectivity index (χ1) is 8.16. The van der Waals surface area contributed by atoms with Gasteiger partial charge in [0.25, 0.3) is 0 Å². The van der Waals surface area contributed by atoms with Gasteiger partial charge in [0.2, 0.25) is 0 Å². The van der Waals surface area contributed by atoms with E-state index in [1.54, 1.807) is 0 Å². The van der Waals surface area contributed by atoms with Gasteiger partial charge in [0.15, 0.2) is 6.30 Å². The summed E-state index contributed by atoms with van der Waals surface area (Å²) in [6, 6.07) is 0. The highest BCUT2D eigenvalue weighted by molar-refractivity contribution is 5.70. The molecule has 1 N–H and O–H groups in total. The molecule has 2 aliphatic rings. The van der Waals surface area contributed by atoms with Gasteiger partial charge in [-0.1, -0.05) is 0 Å². The van der Waals surface area contributed by atoms with Gasteiger partial charge in [-0.25, -0.2) is 4.39 Å². The van der Waals surface area contributed by atoms with Gasteiger partial charge in [-0.3, -0.25) is 9.69 Å². The van der Waals surface area contributed by atoms with E-state index in [0.29, 0.717) is 6.42 Å². The first kappa shape index (κ1) is 12.8. The van der Waals surface area contributed by atoms with Gasteiger partial charge in [0.05, 0.1) is 5.92 Å². The zero-order valence-corrected chi connectivity index (χ0v) is 10.1. The molecule has 0 aromatic rings. The van der Waals surface area contributed by atoms with E-state index in [9.17, 15) is 9.18 Å². The summed E-state index contributed by atoms with van der Waals surface area (Å²) in [5.74, 6) is -0.847. The minimum absolute atomic E-state index is 0.174. The zero-order chi connectivity index (χ0) is 12.3. The molecule has 0 aromatic carbocycles. The Morgan fingerprint density at radius 1 is 1.18 bits per heavy atom. The normalized spacial score (nSPS) is 28.6. The Labute approximate surface area is 101 Å². The molecule has 0 aromatic heterocycles. The van der Waals surface area contributed by atoms with Crippen molar-refractivity contribution >= 4 is 5.97 Å². The maximum atomic E-state index is 13.3. The summed E-state index contributed by atoms with van der Waals surface area (Å²) in [6.07, 6.45) is 2.33. The lowest BCUT2D eigenvalue weighted by Crippen LogP contribution is -2.41. The lowest BCUT2D eigenvalue weighted by atomic mass is 9.97. The van der Waals surface area contributed by atoms with Crippen LogP contribution in [0.2, 0.25) is 0 Å². The van der Waals surface area contributed by atoms with Gasteiger partial charge in [0, 0.05) is 19.6 Å². The lowest BCUT2D eigenvalue weighted by Gasteiger charge is -2.31. The molecule has 0 aliphatic carbocycles. The number of carboxylic acids is 1. The molecule has 1 atom stereocenters. The number of likely N-dealkylation sites (tertiary alicyclic amines) is 2. The van der Waals surface area contributed by atoms with Crippen molar-refractivity contribution in [2.45, 2.75) is 32.0 Å². The monoisotopic (exact) mass is 244 g/mol. The fourth-order valence-corrected chi connectivity index (χ4v) is 2.71. The van der Waals surface area contributed by atoms with E-state index in [1.807, 2.05) is 4.90 Å². The second-order valence-corrected chi connectivity index (χ2v) is 5.07. The van der Waals surface area contributed by atoms with Crippen LogP contribution in [-0.2, 0) is 4.79 Å². The maximum Gasteiger partial charge on any atom is 0.306 e. The Morgan fingerprint density at radius 3 is 2.41 bits per heavy atom. The molecule has 0 spiro atoms. The summed E-state index contributed by atoms with van der Waals surface area (Å²) in [6.45, 7) is 4.18. The highest BCUT2D eigenvalue weighted by Gasteiger charge is 2.27. The van der Waals surface area contributed by atoms with Crippen LogP contribution in [0.3, 0.4) is 0 Å². The SMILES string of the molecule is O=C(O)C1CCN(CCN2CCCC2F)CC1. The van der Waals surface area contributed by atoms with Gasteiger partial charge in [-0.2, -0.15) is 0 Å². The Bertz CT molecular complexity index is 267. The average molecular weight is 244 g/mol. The van der Waals surface area contributed by atoms with Gasteiger partial charge >= 0.3 is 5.97 Å². The van der Waals surface area contributed by atoms with E-state index in [4.69, 9.17) is 5.11 Å². The molecule has 4 nitrogen and oxygen atoms in total. The van der Waals surface area contributed by atoms with Crippen LogP contribution in [0.15, 0.2) is 0 Å². The number of carbonyl (C=O) groups is 1. The van der Waals surface area contributed by atoms with Crippen LogP contribution in [0.1, 0.15) is 25.7 Å². The molecule has 0 saturated carbocycles. The molecule has 1 unspecified atom stereocenters. The Kier molecular flexibility index (Phi) is 4.34. The molecule has 0 bridgehead atoms. The molecule has 98 valence electrons. The van der Waals surface area contributed by atoms with Gasteiger partial charge in [-0.05, 0) is 38.8 Å². The molecule has 17 heavy (non-hydrogen) atoms. The van der Waals surface area contributed by atoms with Crippen LogP contribution in [0, 0.1) is 5.92 Å². The van der Waals surface area contributed by atoms with E-state index >= 15 is 0 Å². The molecule has 0 radical (unpaired) electrons. The van der Waals surface area contributed by atoms with Crippen LogP contribution in [-0.4, -0.2) is 59.9 Å². The number of nitrogens with zero attached hydrogens (tertiary/aromatic N) is 2. The second-order valence-electron chi connectivity index (χ2n) is 5.07. The summed E-state index contributed by atoms with van der Waals surface area (Å²) >= 11 is 0. The standard InChI is InChI=1S/C12H21FN2O2/c13-11-2-1-5-15(11)9-8-14-6-3-10(4-7-14)12(16)17/h10-11H,1-9H2,(H,16,17). The van der Waals surface area contributed by atoms with Crippen molar-refractivity contribution in [3.05, 3.63) is 0 Å². The van der Waals surface area contributed by atoms with Crippen molar-refractivity contribution < 1.29 is 14.3 Å². The zero-order valence-electron chi connectivity index (χ0n) is 10.1. The largest absolute Gasteiger partial charge is 0.481 e. The molecule has 5 heteroatoms.